The third-order valence-corrected chi connectivity index (χ3v) is 4.64. The van der Waals surface area contributed by atoms with Crippen molar-refractivity contribution in [3.8, 4) is 0 Å². The fourth-order valence-electron chi connectivity index (χ4n) is 1.02. The Bertz CT molecular complexity index is 509. The van der Waals surface area contributed by atoms with Gasteiger partial charge in [0.25, 0.3) is 10.0 Å². The van der Waals surface area contributed by atoms with Gasteiger partial charge in [-0.3, -0.25) is 9.59 Å². The molecule has 0 unspecified atom stereocenters. The number of hydrogen-bond acceptors (Lipinski definition) is 5. The van der Waals surface area contributed by atoms with E-state index in [2.05, 4.69) is 10.0 Å². The molecule has 1 rings (SSSR count). The van der Waals surface area contributed by atoms with Crippen LogP contribution in [0.15, 0.2) is 21.7 Å². The van der Waals surface area contributed by atoms with E-state index in [1.165, 1.54) is 6.07 Å². The summed E-state index contributed by atoms with van der Waals surface area (Å²) in [5.41, 5.74) is 0. The van der Waals surface area contributed by atoms with Crippen LogP contribution in [-0.2, 0) is 19.6 Å². The maximum Gasteiger partial charge on any atom is 0.305 e. The summed E-state index contributed by atoms with van der Waals surface area (Å²) >= 11 is 1.04. The van der Waals surface area contributed by atoms with E-state index in [1.54, 1.807) is 11.4 Å². The molecule has 0 aliphatic carbocycles. The number of amides is 1. The third kappa shape index (κ3) is 4.82. The van der Waals surface area contributed by atoms with Crippen molar-refractivity contribution in [3.05, 3.63) is 17.5 Å². The highest BCUT2D eigenvalue weighted by atomic mass is 32.2. The highest BCUT2D eigenvalue weighted by Crippen LogP contribution is 2.14. The molecule has 1 amide bonds. The maximum absolute atomic E-state index is 11.6. The van der Waals surface area contributed by atoms with Gasteiger partial charge in [-0.1, -0.05) is 6.07 Å². The van der Waals surface area contributed by atoms with Crippen molar-refractivity contribution in [3.63, 3.8) is 0 Å². The predicted octanol–water partition coefficient (Wildman–Crippen LogP) is -0.383. The molecule has 100 valence electrons. The van der Waals surface area contributed by atoms with Crippen molar-refractivity contribution in [2.75, 3.05) is 13.1 Å². The highest BCUT2D eigenvalue weighted by molar-refractivity contribution is 7.91. The van der Waals surface area contributed by atoms with Crippen molar-refractivity contribution < 1.29 is 23.1 Å². The van der Waals surface area contributed by atoms with Crippen molar-refractivity contribution in [2.45, 2.75) is 10.6 Å². The van der Waals surface area contributed by atoms with Gasteiger partial charge in [0.15, 0.2) is 0 Å². The van der Waals surface area contributed by atoms with Gasteiger partial charge < -0.3 is 10.4 Å². The summed E-state index contributed by atoms with van der Waals surface area (Å²) in [5, 5.41) is 12.3. The zero-order valence-electron chi connectivity index (χ0n) is 9.25. The van der Waals surface area contributed by atoms with Crippen LogP contribution in [0.25, 0.3) is 0 Å². The van der Waals surface area contributed by atoms with Gasteiger partial charge in [0.2, 0.25) is 5.91 Å². The fraction of sp³-hybridized carbons (Fsp3) is 0.333. The largest absolute Gasteiger partial charge is 0.481 e. The summed E-state index contributed by atoms with van der Waals surface area (Å²) < 4.78 is 25.5. The molecular weight excluding hydrogens is 280 g/mol. The number of carboxylic acids is 1. The Hall–Kier alpha value is -1.45. The number of aliphatic carboxylic acids is 1. The van der Waals surface area contributed by atoms with Crippen LogP contribution in [0.2, 0.25) is 0 Å². The van der Waals surface area contributed by atoms with E-state index in [1.807, 2.05) is 0 Å². The summed E-state index contributed by atoms with van der Waals surface area (Å²) in [5.74, 6) is -1.61. The van der Waals surface area contributed by atoms with Gasteiger partial charge in [-0.05, 0) is 11.4 Å². The first kappa shape index (κ1) is 14.6. The smallest absolute Gasteiger partial charge is 0.305 e. The third-order valence-electron chi connectivity index (χ3n) is 1.84. The SMILES string of the molecule is O=C(O)CCNC(=O)CNS(=O)(=O)c1cccs1. The summed E-state index contributed by atoms with van der Waals surface area (Å²) in [6.07, 6.45) is -0.205. The molecule has 0 atom stereocenters. The normalized spacial score (nSPS) is 11.1. The fourth-order valence-corrected chi connectivity index (χ4v) is 3.04. The molecular formula is C9H12N2O5S2. The molecule has 0 fully saturated rings. The summed E-state index contributed by atoms with van der Waals surface area (Å²) in [6, 6.07) is 3.02. The van der Waals surface area contributed by atoms with Crippen LogP contribution >= 0.6 is 11.3 Å². The van der Waals surface area contributed by atoms with E-state index in [4.69, 9.17) is 5.11 Å². The monoisotopic (exact) mass is 292 g/mol. The van der Waals surface area contributed by atoms with E-state index in [0.29, 0.717) is 0 Å². The molecule has 3 N–H and O–H groups in total. The molecule has 0 saturated carbocycles. The van der Waals surface area contributed by atoms with Crippen LogP contribution in [0.5, 0.6) is 0 Å². The second-order valence-corrected chi connectivity index (χ2v) is 6.19. The zero-order valence-corrected chi connectivity index (χ0v) is 10.9. The molecule has 0 aliphatic heterocycles. The molecule has 18 heavy (non-hydrogen) atoms. The van der Waals surface area contributed by atoms with Gasteiger partial charge in [-0.2, -0.15) is 0 Å². The average Bonchev–Trinajstić information content (AvgIpc) is 2.80. The van der Waals surface area contributed by atoms with Gasteiger partial charge in [0.1, 0.15) is 4.21 Å². The molecule has 0 spiro atoms. The van der Waals surface area contributed by atoms with E-state index >= 15 is 0 Å². The predicted molar refractivity (Wildman–Crippen MR) is 64.8 cm³/mol. The lowest BCUT2D eigenvalue weighted by Gasteiger charge is -2.05. The molecule has 0 aromatic carbocycles. The van der Waals surface area contributed by atoms with Crippen molar-refractivity contribution in [1.29, 1.82) is 0 Å². The Morgan fingerprint density at radius 2 is 2.11 bits per heavy atom. The molecule has 0 bridgehead atoms. The molecule has 0 aliphatic rings. The van der Waals surface area contributed by atoms with Gasteiger partial charge in [-0.15, -0.1) is 11.3 Å². The van der Waals surface area contributed by atoms with Gasteiger partial charge >= 0.3 is 5.97 Å². The lowest BCUT2D eigenvalue weighted by Crippen LogP contribution is -2.37. The van der Waals surface area contributed by atoms with E-state index in [9.17, 15) is 18.0 Å². The van der Waals surface area contributed by atoms with Crippen molar-refractivity contribution >= 4 is 33.2 Å². The first-order chi connectivity index (χ1) is 8.42. The Labute approximate surface area is 108 Å². The lowest BCUT2D eigenvalue weighted by molar-refractivity contribution is -0.136. The van der Waals surface area contributed by atoms with Crippen molar-refractivity contribution in [2.24, 2.45) is 0 Å². The first-order valence-corrected chi connectivity index (χ1v) is 7.30. The number of carbonyl (C=O) groups excluding carboxylic acids is 1. The van der Waals surface area contributed by atoms with Gasteiger partial charge in [0.05, 0.1) is 13.0 Å². The van der Waals surface area contributed by atoms with Gasteiger partial charge in [-0.25, -0.2) is 13.1 Å². The van der Waals surface area contributed by atoms with Crippen LogP contribution in [0.4, 0.5) is 0 Å². The van der Waals surface area contributed by atoms with Crippen molar-refractivity contribution in [1.82, 2.24) is 10.0 Å². The number of carbonyl (C=O) groups is 2. The zero-order chi connectivity index (χ0) is 13.6. The minimum absolute atomic E-state index is 0.0328. The molecule has 0 radical (unpaired) electrons. The maximum atomic E-state index is 11.6. The second kappa shape index (κ2) is 6.47. The summed E-state index contributed by atoms with van der Waals surface area (Å²) in [7, 11) is -3.66. The molecule has 1 aromatic heterocycles. The van der Waals surface area contributed by atoms with Crippen LogP contribution in [0.3, 0.4) is 0 Å². The number of sulfonamides is 1. The Kier molecular flexibility index (Phi) is 5.25. The number of thiophene rings is 1. The molecule has 1 aromatic rings. The van der Waals surface area contributed by atoms with Gasteiger partial charge in [0, 0.05) is 6.54 Å². The summed E-state index contributed by atoms with van der Waals surface area (Å²) in [4.78, 5) is 21.4. The molecule has 7 nitrogen and oxygen atoms in total. The second-order valence-electron chi connectivity index (χ2n) is 3.25. The van der Waals surface area contributed by atoms with Crippen LogP contribution in [-0.4, -0.2) is 38.5 Å². The Balaban J connectivity index is 2.37. The molecule has 9 heteroatoms. The average molecular weight is 292 g/mol. The lowest BCUT2D eigenvalue weighted by atomic mass is 10.4. The summed E-state index contributed by atoms with van der Waals surface area (Å²) in [6.45, 7) is -0.450. The molecule has 1 heterocycles. The number of hydrogen-bond donors (Lipinski definition) is 3. The highest BCUT2D eigenvalue weighted by Gasteiger charge is 2.16. The topological polar surface area (TPSA) is 113 Å². The van der Waals surface area contributed by atoms with E-state index in [0.717, 1.165) is 11.3 Å². The Morgan fingerprint density at radius 3 is 2.67 bits per heavy atom. The first-order valence-electron chi connectivity index (χ1n) is 4.93. The van der Waals surface area contributed by atoms with Crippen LogP contribution in [0.1, 0.15) is 6.42 Å². The molecule has 0 saturated heterocycles. The van der Waals surface area contributed by atoms with Crippen LogP contribution in [0, 0.1) is 0 Å². The number of rotatable bonds is 7. The number of nitrogens with one attached hydrogen (secondary N) is 2. The Morgan fingerprint density at radius 1 is 1.39 bits per heavy atom. The quantitative estimate of drug-likeness (QED) is 0.634. The standard InChI is InChI=1S/C9H12N2O5S2/c12-7(10-4-3-8(13)14)6-11-18(15,16)9-2-1-5-17-9/h1-2,5,11H,3-4,6H2,(H,10,12)(H,13,14). The number of carboxylic acid groups (broad SMARTS) is 1. The minimum Gasteiger partial charge on any atom is -0.481 e. The van der Waals surface area contributed by atoms with Crippen LogP contribution < -0.4 is 10.0 Å². The minimum atomic E-state index is -3.66. The van der Waals surface area contributed by atoms with E-state index < -0.39 is 28.4 Å². The van der Waals surface area contributed by atoms with E-state index in [-0.39, 0.29) is 17.2 Å².